The van der Waals surface area contributed by atoms with Crippen molar-refractivity contribution in [3.63, 3.8) is 0 Å². The van der Waals surface area contributed by atoms with E-state index >= 15 is 0 Å². The van der Waals surface area contributed by atoms with Gasteiger partial charge in [0.05, 0.1) is 22.1 Å². The highest BCUT2D eigenvalue weighted by Crippen LogP contribution is 2.40. The summed E-state index contributed by atoms with van der Waals surface area (Å²) >= 11 is 0. The average molecular weight is 817 g/mol. The van der Waals surface area contributed by atoms with Gasteiger partial charge < -0.3 is 18.0 Å². The topological polar surface area (TPSA) is 36.1 Å². The summed E-state index contributed by atoms with van der Waals surface area (Å²) in [4.78, 5) is 0. The van der Waals surface area contributed by atoms with E-state index in [1.165, 1.54) is 49.2 Å². The molecular formula is C60H36N2O2. The SMILES string of the molecule is c1ccc(-n2c3ccccc3c3cc(-c4ccc5oc6ccc(-c7cccc(-c8ccc9oc%10ccc(-n%11c%12ccccc%12c%12ccccc%12%11)cc%10c9c8)c7)cc6c5c4)ccc32)cc1. The molecule has 0 amide bonds. The van der Waals surface area contributed by atoms with Crippen LogP contribution in [0.1, 0.15) is 0 Å². The van der Waals surface area contributed by atoms with Crippen LogP contribution in [-0.2, 0) is 0 Å². The molecule has 10 aromatic carbocycles. The van der Waals surface area contributed by atoms with Gasteiger partial charge in [0.1, 0.15) is 22.3 Å². The van der Waals surface area contributed by atoms with Gasteiger partial charge in [0.25, 0.3) is 0 Å². The van der Waals surface area contributed by atoms with E-state index in [4.69, 9.17) is 8.83 Å². The first kappa shape index (κ1) is 35.0. The third kappa shape index (κ3) is 5.23. The van der Waals surface area contributed by atoms with E-state index in [1.807, 2.05) is 0 Å². The summed E-state index contributed by atoms with van der Waals surface area (Å²) in [5.41, 5.74) is 17.5. The van der Waals surface area contributed by atoms with Gasteiger partial charge in [-0.2, -0.15) is 0 Å². The smallest absolute Gasteiger partial charge is 0.135 e. The minimum Gasteiger partial charge on any atom is -0.456 e. The number of nitrogens with zero attached hydrogens (tertiary/aromatic N) is 2. The molecule has 0 saturated carbocycles. The van der Waals surface area contributed by atoms with Crippen molar-refractivity contribution in [2.75, 3.05) is 0 Å². The average Bonchev–Trinajstić information content (AvgIpc) is 4.11. The van der Waals surface area contributed by atoms with E-state index in [9.17, 15) is 0 Å². The fraction of sp³-hybridized carbons (Fsp3) is 0. The second-order valence-electron chi connectivity index (χ2n) is 16.9. The van der Waals surface area contributed by atoms with Crippen molar-refractivity contribution in [1.29, 1.82) is 0 Å². The summed E-state index contributed by atoms with van der Waals surface area (Å²) in [6.07, 6.45) is 0. The second kappa shape index (κ2) is 13.4. The van der Waals surface area contributed by atoms with Crippen LogP contribution in [0.15, 0.2) is 227 Å². The first-order valence-corrected chi connectivity index (χ1v) is 21.8. The first-order valence-electron chi connectivity index (χ1n) is 21.8. The molecule has 298 valence electrons. The van der Waals surface area contributed by atoms with Crippen LogP contribution in [0.3, 0.4) is 0 Å². The quantitative estimate of drug-likeness (QED) is 0.173. The number of hydrogen-bond acceptors (Lipinski definition) is 2. The summed E-state index contributed by atoms with van der Waals surface area (Å²) in [5.74, 6) is 0. The molecule has 14 rings (SSSR count). The molecule has 4 nitrogen and oxygen atoms in total. The van der Waals surface area contributed by atoms with Crippen LogP contribution in [0.4, 0.5) is 0 Å². The Kier molecular flexibility index (Phi) is 7.36. The normalized spacial score (nSPS) is 12.1. The van der Waals surface area contributed by atoms with Crippen LogP contribution >= 0.6 is 0 Å². The van der Waals surface area contributed by atoms with Crippen LogP contribution in [0, 0.1) is 0 Å². The summed E-state index contributed by atoms with van der Waals surface area (Å²) in [6.45, 7) is 0. The van der Waals surface area contributed by atoms with Gasteiger partial charge >= 0.3 is 0 Å². The van der Waals surface area contributed by atoms with Crippen molar-refractivity contribution in [3.8, 4) is 44.8 Å². The molecule has 0 aliphatic carbocycles. The molecule has 0 unspecified atom stereocenters. The number of hydrogen-bond donors (Lipinski definition) is 0. The number of furan rings is 2. The molecule has 0 aliphatic heterocycles. The monoisotopic (exact) mass is 816 g/mol. The van der Waals surface area contributed by atoms with Crippen LogP contribution in [-0.4, -0.2) is 9.13 Å². The van der Waals surface area contributed by atoms with E-state index in [0.29, 0.717) is 0 Å². The van der Waals surface area contributed by atoms with Gasteiger partial charge in [-0.05, 0) is 137 Å². The number of rotatable bonds is 5. The third-order valence-electron chi connectivity index (χ3n) is 13.3. The summed E-state index contributed by atoms with van der Waals surface area (Å²) in [6, 6.07) is 78.5. The number of para-hydroxylation sites is 4. The predicted molar refractivity (Wildman–Crippen MR) is 266 cm³/mol. The predicted octanol–water partition coefficient (Wildman–Crippen LogP) is 16.7. The number of fused-ring (bicyclic) bond motifs is 12. The largest absolute Gasteiger partial charge is 0.456 e. The Bertz CT molecular complexity index is 4140. The molecule has 0 saturated heterocycles. The molecule has 4 heteroatoms. The lowest BCUT2D eigenvalue weighted by molar-refractivity contribution is 0.668. The van der Waals surface area contributed by atoms with Gasteiger partial charge in [-0.15, -0.1) is 0 Å². The molecule has 0 atom stereocenters. The second-order valence-corrected chi connectivity index (χ2v) is 16.9. The maximum Gasteiger partial charge on any atom is 0.135 e. The number of benzene rings is 10. The Morgan fingerprint density at radius 3 is 1.12 bits per heavy atom. The standard InChI is InChI=1S/C60H36N2O2/c1-2-13-43(14-3-1)61-55-20-9-6-17-47(55)48-32-39(21-26-56(48)61)42-24-29-58-50(35-42)49-33-40(22-27-57(49)63-58)37-11-10-12-38(31-37)41-23-28-59-51(34-41)52-36-44(25-30-60(52)64-59)62-53-18-7-4-15-45(53)46-16-5-8-19-54(46)62/h1-36H. The van der Waals surface area contributed by atoms with E-state index < -0.39 is 0 Å². The van der Waals surface area contributed by atoms with Crippen molar-refractivity contribution < 1.29 is 8.83 Å². The zero-order chi connectivity index (χ0) is 41.9. The summed E-state index contributed by atoms with van der Waals surface area (Å²) in [5, 5.41) is 9.39. The van der Waals surface area contributed by atoms with E-state index in [0.717, 1.165) is 83.1 Å². The van der Waals surface area contributed by atoms with Gasteiger partial charge in [-0.25, -0.2) is 0 Å². The fourth-order valence-corrected chi connectivity index (χ4v) is 10.3. The molecule has 0 radical (unpaired) electrons. The Hall–Kier alpha value is -8.60. The zero-order valence-electron chi connectivity index (χ0n) is 34.5. The molecular weight excluding hydrogens is 781 g/mol. The van der Waals surface area contributed by atoms with E-state index in [2.05, 4.69) is 228 Å². The maximum atomic E-state index is 6.44. The highest BCUT2D eigenvalue weighted by molar-refractivity contribution is 6.13. The molecule has 0 fully saturated rings. The van der Waals surface area contributed by atoms with Crippen molar-refractivity contribution in [2.24, 2.45) is 0 Å². The van der Waals surface area contributed by atoms with Crippen LogP contribution in [0.2, 0.25) is 0 Å². The van der Waals surface area contributed by atoms with Gasteiger partial charge in [0, 0.05) is 54.5 Å². The van der Waals surface area contributed by atoms with Crippen LogP contribution in [0.25, 0.3) is 132 Å². The first-order chi connectivity index (χ1) is 31.7. The molecule has 64 heavy (non-hydrogen) atoms. The van der Waals surface area contributed by atoms with Gasteiger partial charge in [-0.3, -0.25) is 0 Å². The number of aromatic nitrogens is 2. The van der Waals surface area contributed by atoms with Gasteiger partial charge in [-0.1, -0.05) is 115 Å². The van der Waals surface area contributed by atoms with Crippen molar-refractivity contribution in [2.45, 2.75) is 0 Å². The molecule has 0 spiro atoms. The van der Waals surface area contributed by atoms with Gasteiger partial charge in [0.15, 0.2) is 0 Å². The van der Waals surface area contributed by atoms with Crippen LogP contribution < -0.4 is 0 Å². The highest BCUT2D eigenvalue weighted by atomic mass is 16.3. The fourth-order valence-electron chi connectivity index (χ4n) is 10.3. The lowest BCUT2D eigenvalue weighted by atomic mass is 9.96. The van der Waals surface area contributed by atoms with Crippen LogP contribution in [0.5, 0.6) is 0 Å². The minimum atomic E-state index is 0.879. The lowest BCUT2D eigenvalue weighted by Gasteiger charge is -2.08. The van der Waals surface area contributed by atoms with Crippen molar-refractivity contribution in [3.05, 3.63) is 218 Å². The van der Waals surface area contributed by atoms with Crippen molar-refractivity contribution >= 4 is 87.5 Å². The maximum absolute atomic E-state index is 6.44. The molecule has 4 heterocycles. The third-order valence-corrected chi connectivity index (χ3v) is 13.3. The van der Waals surface area contributed by atoms with E-state index in [-0.39, 0.29) is 0 Å². The Morgan fingerprint density at radius 2 is 0.594 bits per heavy atom. The Labute approximate surface area is 367 Å². The summed E-state index contributed by atoms with van der Waals surface area (Å²) < 4.78 is 17.6. The van der Waals surface area contributed by atoms with E-state index in [1.54, 1.807) is 0 Å². The Morgan fingerprint density at radius 1 is 0.219 bits per heavy atom. The molecule has 4 aromatic heterocycles. The van der Waals surface area contributed by atoms with Crippen molar-refractivity contribution in [1.82, 2.24) is 9.13 Å². The molecule has 14 aromatic rings. The highest BCUT2D eigenvalue weighted by Gasteiger charge is 2.17. The molecule has 0 N–H and O–H groups in total. The molecule has 0 aliphatic rings. The lowest BCUT2D eigenvalue weighted by Crippen LogP contribution is -1.93. The molecule has 0 bridgehead atoms. The summed E-state index contributed by atoms with van der Waals surface area (Å²) in [7, 11) is 0. The van der Waals surface area contributed by atoms with Gasteiger partial charge in [0.2, 0.25) is 0 Å². The Balaban J connectivity index is 0.838. The zero-order valence-corrected chi connectivity index (χ0v) is 34.5. The minimum absolute atomic E-state index is 0.879.